The minimum absolute atomic E-state index is 0.125. The Balaban J connectivity index is 1.89. The molecule has 0 bridgehead atoms. The Labute approximate surface area is 152 Å². The summed E-state index contributed by atoms with van der Waals surface area (Å²) < 4.78 is 0.852. The number of halogens is 1. The highest BCUT2D eigenvalue weighted by Crippen LogP contribution is 2.31. The minimum Gasteiger partial charge on any atom is -0.382 e. The van der Waals surface area contributed by atoms with E-state index in [0.29, 0.717) is 15.6 Å². The summed E-state index contributed by atoms with van der Waals surface area (Å²) in [5, 5.41) is 3.85. The zero-order chi connectivity index (χ0) is 17.3. The normalized spacial score (nSPS) is 10.6. The highest BCUT2D eigenvalue weighted by molar-refractivity contribution is 9.10. The molecule has 4 nitrogen and oxygen atoms in total. The van der Waals surface area contributed by atoms with Crippen LogP contribution in [0.5, 0.6) is 0 Å². The van der Waals surface area contributed by atoms with Gasteiger partial charge in [-0.2, -0.15) is 0 Å². The van der Waals surface area contributed by atoms with Crippen LogP contribution >= 0.6 is 27.3 Å². The number of nitrogens with zero attached hydrogens (tertiary/aromatic N) is 1. The number of anilines is 3. The van der Waals surface area contributed by atoms with Crippen molar-refractivity contribution >= 4 is 49.7 Å². The topological polar surface area (TPSA) is 68.0 Å². The summed E-state index contributed by atoms with van der Waals surface area (Å²) in [6, 6.07) is 13.4. The van der Waals surface area contributed by atoms with Crippen molar-refractivity contribution < 1.29 is 4.79 Å². The third-order valence-corrected chi connectivity index (χ3v) is 5.05. The molecule has 0 aliphatic rings. The molecular weight excluding hydrogens is 386 g/mol. The van der Waals surface area contributed by atoms with Gasteiger partial charge in [-0.3, -0.25) is 4.79 Å². The van der Waals surface area contributed by atoms with Crippen LogP contribution in [0.15, 0.2) is 46.9 Å². The smallest absolute Gasteiger partial charge is 0.206 e. The van der Waals surface area contributed by atoms with Gasteiger partial charge in [-0.1, -0.05) is 57.1 Å². The molecule has 24 heavy (non-hydrogen) atoms. The number of nitrogen functional groups attached to an aromatic ring is 1. The fraction of sp³-hybridized carbons (Fsp3) is 0.111. The number of rotatable bonds is 4. The molecule has 0 atom stereocenters. The summed E-state index contributed by atoms with van der Waals surface area (Å²) in [6.45, 7) is 4.08. The Hall–Kier alpha value is -2.18. The monoisotopic (exact) mass is 401 g/mol. The number of aryl methyl sites for hydroxylation is 2. The van der Waals surface area contributed by atoms with Crippen molar-refractivity contribution in [3.05, 3.63) is 68.5 Å². The summed E-state index contributed by atoms with van der Waals surface area (Å²) in [5.41, 5.74) is 9.81. The first-order chi connectivity index (χ1) is 11.4. The minimum atomic E-state index is -0.125. The van der Waals surface area contributed by atoms with Gasteiger partial charge in [0.25, 0.3) is 0 Å². The molecule has 0 aliphatic heterocycles. The molecule has 0 radical (unpaired) electrons. The summed E-state index contributed by atoms with van der Waals surface area (Å²) in [6.07, 6.45) is 0. The first kappa shape index (κ1) is 16.7. The summed E-state index contributed by atoms with van der Waals surface area (Å²) >= 11 is 4.64. The van der Waals surface area contributed by atoms with E-state index in [2.05, 4.69) is 32.3 Å². The average Bonchev–Trinajstić information content (AvgIpc) is 2.90. The van der Waals surface area contributed by atoms with Crippen LogP contribution in [0, 0.1) is 13.8 Å². The fourth-order valence-corrected chi connectivity index (χ4v) is 3.64. The van der Waals surface area contributed by atoms with Crippen LogP contribution in [0.3, 0.4) is 0 Å². The maximum Gasteiger partial charge on any atom is 0.206 e. The molecule has 3 rings (SSSR count). The van der Waals surface area contributed by atoms with Crippen molar-refractivity contribution in [2.24, 2.45) is 0 Å². The summed E-state index contributed by atoms with van der Waals surface area (Å²) in [7, 11) is 0. The van der Waals surface area contributed by atoms with Gasteiger partial charge in [-0.15, -0.1) is 0 Å². The van der Waals surface area contributed by atoms with Gasteiger partial charge < -0.3 is 11.1 Å². The average molecular weight is 402 g/mol. The van der Waals surface area contributed by atoms with Gasteiger partial charge in [0.05, 0.1) is 0 Å². The maximum atomic E-state index is 12.6. The van der Waals surface area contributed by atoms with Crippen LogP contribution in [0.2, 0.25) is 0 Å². The molecule has 122 valence electrons. The first-order valence-electron chi connectivity index (χ1n) is 7.35. The van der Waals surface area contributed by atoms with Gasteiger partial charge in [-0.25, -0.2) is 4.98 Å². The summed E-state index contributed by atoms with van der Waals surface area (Å²) in [5.74, 6) is 0.122. The van der Waals surface area contributed by atoms with Crippen molar-refractivity contribution in [3.8, 4) is 0 Å². The Morgan fingerprint density at radius 1 is 1.21 bits per heavy atom. The van der Waals surface area contributed by atoms with E-state index in [1.165, 1.54) is 16.9 Å². The second kappa shape index (κ2) is 6.75. The molecule has 0 fully saturated rings. The molecule has 0 unspecified atom stereocenters. The zero-order valence-electron chi connectivity index (χ0n) is 13.3. The number of hydrogen-bond donors (Lipinski definition) is 2. The van der Waals surface area contributed by atoms with Gasteiger partial charge >= 0.3 is 0 Å². The van der Waals surface area contributed by atoms with E-state index >= 15 is 0 Å². The lowest BCUT2D eigenvalue weighted by molar-refractivity contribution is 0.104. The molecule has 2 aromatic carbocycles. The molecule has 1 aromatic heterocycles. The number of carbonyl (C=O) groups is 1. The van der Waals surface area contributed by atoms with E-state index < -0.39 is 0 Å². The maximum absolute atomic E-state index is 12.6. The Morgan fingerprint density at radius 3 is 2.71 bits per heavy atom. The molecule has 6 heteroatoms. The largest absolute Gasteiger partial charge is 0.382 e. The predicted octanol–water partition coefficient (Wildman–Crippen LogP) is 5.08. The van der Waals surface area contributed by atoms with Crippen LogP contribution < -0.4 is 11.1 Å². The molecule has 3 aromatic rings. The molecule has 0 spiro atoms. The Bertz CT molecular complexity index is 920. The number of thiazole rings is 1. The Kier molecular flexibility index (Phi) is 4.69. The van der Waals surface area contributed by atoms with Crippen LogP contribution in [0.25, 0.3) is 0 Å². The number of hydrogen-bond acceptors (Lipinski definition) is 5. The van der Waals surface area contributed by atoms with Crippen molar-refractivity contribution in [1.29, 1.82) is 0 Å². The Morgan fingerprint density at radius 2 is 2.00 bits per heavy atom. The van der Waals surface area contributed by atoms with Gasteiger partial charge in [0, 0.05) is 15.7 Å². The van der Waals surface area contributed by atoms with E-state index in [-0.39, 0.29) is 11.6 Å². The fourth-order valence-electron chi connectivity index (χ4n) is 2.38. The second-order valence-electron chi connectivity index (χ2n) is 5.52. The van der Waals surface area contributed by atoms with Crippen molar-refractivity contribution in [2.75, 3.05) is 11.1 Å². The first-order valence-corrected chi connectivity index (χ1v) is 8.96. The number of aromatic nitrogens is 1. The van der Waals surface area contributed by atoms with Crippen LogP contribution in [0.4, 0.5) is 16.6 Å². The molecular formula is C18H16BrN3OS. The quantitative estimate of drug-likeness (QED) is 0.598. The van der Waals surface area contributed by atoms with Crippen molar-refractivity contribution in [1.82, 2.24) is 4.98 Å². The van der Waals surface area contributed by atoms with Crippen LogP contribution in [-0.4, -0.2) is 10.8 Å². The molecule has 0 amide bonds. The van der Waals surface area contributed by atoms with E-state index in [0.717, 1.165) is 15.7 Å². The van der Waals surface area contributed by atoms with Crippen molar-refractivity contribution in [2.45, 2.75) is 13.8 Å². The van der Waals surface area contributed by atoms with Gasteiger partial charge in [0.2, 0.25) is 5.78 Å². The van der Waals surface area contributed by atoms with E-state index in [1.807, 2.05) is 38.1 Å². The lowest BCUT2D eigenvalue weighted by atomic mass is 10.1. The number of benzene rings is 2. The molecule has 0 aliphatic carbocycles. The van der Waals surface area contributed by atoms with Gasteiger partial charge in [0.1, 0.15) is 10.7 Å². The van der Waals surface area contributed by atoms with E-state index in [9.17, 15) is 4.79 Å². The SMILES string of the molecule is Cc1ccc(Nc2nc(N)c(C(=O)c3cccc(Br)c3)s2)c(C)c1. The number of carbonyl (C=O) groups excluding carboxylic acids is 1. The van der Waals surface area contributed by atoms with E-state index in [1.54, 1.807) is 12.1 Å². The van der Waals surface area contributed by atoms with Crippen LogP contribution in [-0.2, 0) is 0 Å². The number of ketones is 1. The van der Waals surface area contributed by atoms with Crippen LogP contribution in [0.1, 0.15) is 26.4 Å². The molecule has 0 saturated carbocycles. The lowest BCUT2D eigenvalue weighted by Gasteiger charge is -2.07. The highest BCUT2D eigenvalue weighted by atomic mass is 79.9. The zero-order valence-corrected chi connectivity index (χ0v) is 15.7. The highest BCUT2D eigenvalue weighted by Gasteiger charge is 2.18. The molecule has 3 N–H and O–H groups in total. The molecule has 1 heterocycles. The number of nitrogens with two attached hydrogens (primary N) is 1. The third-order valence-electron chi connectivity index (χ3n) is 3.57. The van der Waals surface area contributed by atoms with E-state index in [4.69, 9.17) is 5.73 Å². The number of nitrogens with one attached hydrogen (secondary N) is 1. The van der Waals surface area contributed by atoms with Gasteiger partial charge in [0.15, 0.2) is 5.13 Å². The molecule has 0 saturated heterocycles. The predicted molar refractivity (Wildman–Crippen MR) is 103 cm³/mol. The third kappa shape index (κ3) is 3.49. The lowest BCUT2D eigenvalue weighted by Crippen LogP contribution is -2.02. The summed E-state index contributed by atoms with van der Waals surface area (Å²) in [4.78, 5) is 17.4. The van der Waals surface area contributed by atoms with Crippen molar-refractivity contribution in [3.63, 3.8) is 0 Å². The standard InChI is InChI=1S/C18H16BrN3OS/c1-10-6-7-14(11(2)8-10)21-18-22-17(20)16(24-18)15(23)12-4-3-5-13(19)9-12/h3-9H,20H2,1-2H3,(H,21,22). The van der Waals surface area contributed by atoms with Gasteiger partial charge in [-0.05, 0) is 37.6 Å². The second-order valence-corrected chi connectivity index (χ2v) is 7.43.